The van der Waals surface area contributed by atoms with Crippen molar-refractivity contribution in [3.8, 4) is 5.75 Å². The topological polar surface area (TPSA) is 81.6 Å². The lowest BCUT2D eigenvalue weighted by Crippen LogP contribution is -2.34. The molecular formula is C15H25N3O2. The third kappa shape index (κ3) is 4.99. The third-order valence-corrected chi connectivity index (χ3v) is 2.95. The SMILES string of the molecule is CCCCN(CC(N)=O)c1ccc(N)c(OCCC)c1. The zero-order valence-corrected chi connectivity index (χ0v) is 12.4. The molecule has 0 heterocycles. The number of rotatable bonds is 9. The van der Waals surface area contributed by atoms with Gasteiger partial charge in [-0.3, -0.25) is 4.79 Å². The van der Waals surface area contributed by atoms with Crippen LogP contribution in [0.25, 0.3) is 0 Å². The number of carbonyl (C=O) groups is 1. The predicted molar refractivity (Wildman–Crippen MR) is 83.0 cm³/mol. The summed E-state index contributed by atoms with van der Waals surface area (Å²) in [6.45, 7) is 5.77. The summed E-state index contributed by atoms with van der Waals surface area (Å²) in [5.41, 5.74) is 12.7. The summed E-state index contributed by atoms with van der Waals surface area (Å²) < 4.78 is 5.62. The summed E-state index contributed by atoms with van der Waals surface area (Å²) >= 11 is 0. The van der Waals surface area contributed by atoms with E-state index in [2.05, 4.69) is 6.92 Å². The first kappa shape index (κ1) is 16.1. The van der Waals surface area contributed by atoms with Crippen LogP contribution in [0.3, 0.4) is 0 Å². The number of nitrogen functional groups attached to an aromatic ring is 1. The molecule has 0 spiro atoms. The Kier molecular flexibility index (Phi) is 6.70. The largest absolute Gasteiger partial charge is 0.491 e. The van der Waals surface area contributed by atoms with E-state index in [1.807, 2.05) is 24.0 Å². The van der Waals surface area contributed by atoms with Gasteiger partial charge in [0, 0.05) is 18.3 Å². The highest BCUT2D eigenvalue weighted by Crippen LogP contribution is 2.28. The summed E-state index contributed by atoms with van der Waals surface area (Å²) in [4.78, 5) is 13.2. The van der Waals surface area contributed by atoms with Gasteiger partial charge in [-0.2, -0.15) is 0 Å². The fourth-order valence-electron chi connectivity index (χ4n) is 1.89. The maximum atomic E-state index is 11.2. The molecule has 0 bridgehead atoms. The number of carbonyl (C=O) groups excluding carboxylic acids is 1. The van der Waals surface area contributed by atoms with Crippen LogP contribution in [0.2, 0.25) is 0 Å². The summed E-state index contributed by atoms with van der Waals surface area (Å²) in [5.74, 6) is 0.323. The van der Waals surface area contributed by atoms with E-state index in [-0.39, 0.29) is 12.5 Å². The maximum absolute atomic E-state index is 11.2. The van der Waals surface area contributed by atoms with Crippen LogP contribution in [0.5, 0.6) is 5.75 Å². The molecule has 0 atom stereocenters. The van der Waals surface area contributed by atoms with E-state index in [4.69, 9.17) is 16.2 Å². The third-order valence-electron chi connectivity index (χ3n) is 2.95. The van der Waals surface area contributed by atoms with E-state index < -0.39 is 0 Å². The average Bonchev–Trinajstić information content (AvgIpc) is 2.42. The van der Waals surface area contributed by atoms with Gasteiger partial charge in [-0.05, 0) is 25.0 Å². The van der Waals surface area contributed by atoms with Crippen molar-refractivity contribution in [1.29, 1.82) is 0 Å². The Balaban J connectivity index is 2.90. The second-order valence-corrected chi connectivity index (χ2v) is 4.81. The Bertz CT molecular complexity index is 435. The van der Waals surface area contributed by atoms with Gasteiger partial charge in [0.2, 0.25) is 5.91 Å². The first-order chi connectivity index (χ1) is 9.58. The van der Waals surface area contributed by atoms with E-state index in [1.54, 1.807) is 6.07 Å². The molecule has 0 fully saturated rings. The van der Waals surface area contributed by atoms with Crippen LogP contribution >= 0.6 is 0 Å². The van der Waals surface area contributed by atoms with E-state index in [0.717, 1.165) is 31.5 Å². The highest BCUT2D eigenvalue weighted by molar-refractivity contribution is 5.80. The van der Waals surface area contributed by atoms with Crippen LogP contribution < -0.4 is 21.1 Å². The molecule has 0 radical (unpaired) electrons. The van der Waals surface area contributed by atoms with Crippen molar-refractivity contribution in [1.82, 2.24) is 0 Å². The molecule has 0 saturated carbocycles. The molecule has 0 aliphatic heterocycles. The van der Waals surface area contributed by atoms with Crippen LogP contribution in [0, 0.1) is 0 Å². The lowest BCUT2D eigenvalue weighted by atomic mass is 10.2. The molecule has 0 aliphatic carbocycles. The van der Waals surface area contributed by atoms with Gasteiger partial charge in [0.1, 0.15) is 5.75 Å². The first-order valence-corrected chi connectivity index (χ1v) is 7.14. The van der Waals surface area contributed by atoms with E-state index in [0.29, 0.717) is 18.0 Å². The van der Waals surface area contributed by atoms with Crippen LogP contribution in [0.4, 0.5) is 11.4 Å². The van der Waals surface area contributed by atoms with Gasteiger partial charge >= 0.3 is 0 Å². The fraction of sp³-hybridized carbons (Fsp3) is 0.533. The van der Waals surface area contributed by atoms with Crippen molar-refractivity contribution in [2.24, 2.45) is 5.73 Å². The van der Waals surface area contributed by atoms with Crippen LogP contribution in [0.15, 0.2) is 18.2 Å². The summed E-state index contributed by atoms with van der Waals surface area (Å²) in [6, 6.07) is 5.58. The number of anilines is 2. The van der Waals surface area contributed by atoms with E-state index >= 15 is 0 Å². The lowest BCUT2D eigenvalue weighted by molar-refractivity contribution is -0.116. The minimum atomic E-state index is -0.339. The van der Waals surface area contributed by atoms with Crippen molar-refractivity contribution in [2.45, 2.75) is 33.1 Å². The van der Waals surface area contributed by atoms with Crippen molar-refractivity contribution in [3.63, 3.8) is 0 Å². The Morgan fingerprint density at radius 3 is 2.65 bits per heavy atom. The number of amides is 1. The van der Waals surface area contributed by atoms with Gasteiger partial charge < -0.3 is 21.1 Å². The highest BCUT2D eigenvalue weighted by Gasteiger charge is 2.11. The number of nitrogens with two attached hydrogens (primary N) is 2. The van der Waals surface area contributed by atoms with Crippen molar-refractivity contribution >= 4 is 17.3 Å². The number of hydrogen-bond donors (Lipinski definition) is 2. The lowest BCUT2D eigenvalue weighted by Gasteiger charge is -2.24. The minimum Gasteiger partial charge on any atom is -0.491 e. The Morgan fingerprint density at radius 2 is 2.05 bits per heavy atom. The maximum Gasteiger partial charge on any atom is 0.236 e. The second kappa shape index (κ2) is 8.30. The van der Waals surface area contributed by atoms with Gasteiger partial charge in [0.25, 0.3) is 0 Å². The van der Waals surface area contributed by atoms with Gasteiger partial charge in [0.05, 0.1) is 18.8 Å². The summed E-state index contributed by atoms with van der Waals surface area (Å²) in [7, 11) is 0. The first-order valence-electron chi connectivity index (χ1n) is 7.14. The molecule has 0 aliphatic rings. The Morgan fingerprint density at radius 1 is 1.30 bits per heavy atom. The normalized spacial score (nSPS) is 10.3. The average molecular weight is 279 g/mol. The second-order valence-electron chi connectivity index (χ2n) is 4.81. The number of benzene rings is 1. The predicted octanol–water partition coefficient (Wildman–Crippen LogP) is 2.15. The van der Waals surface area contributed by atoms with Crippen LogP contribution in [-0.4, -0.2) is 25.6 Å². The number of ether oxygens (including phenoxy) is 1. The molecule has 112 valence electrons. The summed E-state index contributed by atoms with van der Waals surface area (Å²) in [5, 5.41) is 0. The Hall–Kier alpha value is -1.91. The zero-order chi connectivity index (χ0) is 15.0. The molecular weight excluding hydrogens is 254 g/mol. The molecule has 4 N–H and O–H groups in total. The van der Waals surface area contributed by atoms with Crippen molar-refractivity contribution < 1.29 is 9.53 Å². The smallest absolute Gasteiger partial charge is 0.236 e. The number of nitrogens with zero attached hydrogens (tertiary/aromatic N) is 1. The standard InChI is InChI=1S/C15H25N3O2/c1-3-5-8-18(11-15(17)19)12-6-7-13(16)14(10-12)20-9-4-2/h6-7,10H,3-5,8-9,11,16H2,1-2H3,(H2,17,19). The molecule has 1 amide bonds. The van der Waals surface area contributed by atoms with Crippen molar-refractivity contribution in [2.75, 3.05) is 30.3 Å². The molecule has 1 rings (SSSR count). The molecule has 0 saturated heterocycles. The monoisotopic (exact) mass is 279 g/mol. The number of primary amides is 1. The quantitative estimate of drug-likeness (QED) is 0.679. The molecule has 1 aromatic carbocycles. The zero-order valence-electron chi connectivity index (χ0n) is 12.4. The highest BCUT2D eigenvalue weighted by atomic mass is 16.5. The number of unbranched alkanes of at least 4 members (excludes halogenated alkanes) is 1. The van der Waals surface area contributed by atoms with Gasteiger partial charge in [0.15, 0.2) is 0 Å². The molecule has 1 aromatic rings. The number of hydrogen-bond acceptors (Lipinski definition) is 4. The van der Waals surface area contributed by atoms with Crippen LogP contribution in [0.1, 0.15) is 33.1 Å². The van der Waals surface area contributed by atoms with Gasteiger partial charge in [-0.25, -0.2) is 0 Å². The van der Waals surface area contributed by atoms with Crippen molar-refractivity contribution in [3.05, 3.63) is 18.2 Å². The summed E-state index contributed by atoms with van der Waals surface area (Å²) in [6.07, 6.45) is 2.98. The molecule has 0 unspecified atom stereocenters. The van der Waals surface area contributed by atoms with E-state index in [9.17, 15) is 4.79 Å². The fourth-order valence-corrected chi connectivity index (χ4v) is 1.89. The molecule has 20 heavy (non-hydrogen) atoms. The van der Waals surface area contributed by atoms with Gasteiger partial charge in [-0.1, -0.05) is 20.3 Å². The van der Waals surface area contributed by atoms with Gasteiger partial charge in [-0.15, -0.1) is 0 Å². The minimum absolute atomic E-state index is 0.205. The molecule has 0 aromatic heterocycles. The Labute approximate surface area is 120 Å². The molecule has 5 heteroatoms. The van der Waals surface area contributed by atoms with Crippen LogP contribution in [-0.2, 0) is 4.79 Å². The molecule has 5 nitrogen and oxygen atoms in total. The van der Waals surface area contributed by atoms with E-state index in [1.165, 1.54) is 0 Å².